The van der Waals surface area contributed by atoms with E-state index in [-0.39, 0.29) is 5.91 Å². The number of benzene rings is 1. The molecule has 0 fully saturated rings. The number of nitrogens with two attached hydrogens (primary N) is 1. The first-order chi connectivity index (χ1) is 11.0. The van der Waals surface area contributed by atoms with Crippen molar-refractivity contribution in [1.82, 2.24) is 20.3 Å². The Balaban J connectivity index is 2.30. The van der Waals surface area contributed by atoms with Gasteiger partial charge in [-0.1, -0.05) is 41.1 Å². The van der Waals surface area contributed by atoms with Gasteiger partial charge in [0.1, 0.15) is 0 Å². The number of nitrogens with one attached hydrogen (secondary N) is 1. The van der Waals surface area contributed by atoms with E-state index >= 15 is 0 Å². The number of hydrogen-bond donors (Lipinski definition) is 2. The Labute approximate surface area is 144 Å². The summed E-state index contributed by atoms with van der Waals surface area (Å²) in [5, 5.41) is 11.2. The highest BCUT2D eigenvalue weighted by Gasteiger charge is 2.29. The Morgan fingerprint density at radius 1 is 1.39 bits per heavy atom. The van der Waals surface area contributed by atoms with Crippen LogP contribution in [0.25, 0.3) is 5.69 Å². The molecule has 0 unspecified atom stereocenters. The predicted molar refractivity (Wildman–Crippen MR) is 93.6 cm³/mol. The molecule has 1 amide bonds. The van der Waals surface area contributed by atoms with E-state index in [1.165, 1.54) is 0 Å². The van der Waals surface area contributed by atoms with Crippen molar-refractivity contribution in [2.24, 2.45) is 5.73 Å². The highest BCUT2D eigenvalue weighted by Crippen LogP contribution is 2.19. The molecular formula is C16H22BrN5O. The van der Waals surface area contributed by atoms with Crippen LogP contribution in [0.5, 0.6) is 0 Å². The zero-order valence-corrected chi connectivity index (χ0v) is 15.2. The summed E-state index contributed by atoms with van der Waals surface area (Å²) in [6.07, 6.45) is 1.54. The van der Waals surface area contributed by atoms with Gasteiger partial charge in [-0.2, -0.15) is 0 Å². The molecule has 6 nitrogen and oxygen atoms in total. The van der Waals surface area contributed by atoms with Crippen LogP contribution in [0, 0.1) is 6.92 Å². The highest BCUT2D eigenvalue weighted by atomic mass is 79.9. The summed E-state index contributed by atoms with van der Waals surface area (Å²) in [5.41, 5.74) is 7.31. The first-order valence-electron chi connectivity index (χ1n) is 7.67. The van der Waals surface area contributed by atoms with Crippen molar-refractivity contribution < 1.29 is 4.79 Å². The second kappa shape index (κ2) is 7.23. The largest absolute Gasteiger partial charge is 0.344 e. The zero-order chi connectivity index (χ0) is 17.0. The third-order valence-corrected chi connectivity index (χ3v) is 4.78. The molecule has 7 heteroatoms. The van der Waals surface area contributed by atoms with Crippen molar-refractivity contribution in [3.05, 3.63) is 40.1 Å². The highest BCUT2D eigenvalue weighted by molar-refractivity contribution is 9.10. The maximum absolute atomic E-state index is 12.6. The van der Waals surface area contributed by atoms with Gasteiger partial charge in [0.25, 0.3) is 5.91 Å². The van der Waals surface area contributed by atoms with Gasteiger partial charge in [0.05, 0.1) is 16.9 Å². The van der Waals surface area contributed by atoms with Gasteiger partial charge < -0.3 is 11.1 Å². The van der Waals surface area contributed by atoms with E-state index in [0.29, 0.717) is 17.9 Å². The number of rotatable bonds is 6. The minimum Gasteiger partial charge on any atom is -0.344 e. The predicted octanol–water partition coefficient (Wildman–Crippen LogP) is 2.59. The molecule has 0 bridgehead atoms. The zero-order valence-electron chi connectivity index (χ0n) is 13.6. The van der Waals surface area contributed by atoms with Crippen LogP contribution in [-0.4, -0.2) is 33.0 Å². The minimum absolute atomic E-state index is 0.238. The van der Waals surface area contributed by atoms with Crippen LogP contribution in [0.1, 0.15) is 42.9 Å². The molecule has 23 heavy (non-hydrogen) atoms. The molecule has 2 aromatic rings. The van der Waals surface area contributed by atoms with Crippen molar-refractivity contribution in [2.45, 2.75) is 39.2 Å². The van der Waals surface area contributed by atoms with Gasteiger partial charge in [0.2, 0.25) is 0 Å². The van der Waals surface area contributed by atoms with Crippen molar-refractivity contribution in [3.63, 3.8) is 0 Å². The SMILES string of the molecule is CCC(CC)(CN)NC(=O)c1nnn(-c2cccc(Br)c2)c1C. The van der Waals surface area contributed by atoms with Gasteiger partial charge in [-0.15, -0.1) is 5.10 Å². The van der Waals surface area contributed by atoms with Gasteiger partial charge >= 0.3 is 0 Å². The average molecular weight is 380 g/mol. The summed E-state index contributed by atoms with van der Waals surface area (Å²) >= 11 is 3.43. The molecule has 0 aliphatic rings. The van der Waals surface area contributed by atoms with Crippen molar-refractivity contribution >= 4 is 21.8 Å². The van der Waals surface area contributed by atoms with Crippen molar-refractivity contribution in [3.8, 4) is 5.69 Å². The number of carbonyl (C=O) groups is 1. The van der Waals surface area contributed by atoms with Gasteiger partial charge in [-0.05, 0) is 38.0 Å². The van der Waals surface area contributed by atoms with E-state index in [9.17, 15) is 4.79 Å². The lowest BCUT2D eigenvalue weighted by Gasteiger charge is -2.31. The lowest BCUT2D eigenvalue weighted by Crippen LogP contribution is -2.53. The molecule has 0 atom stereocenters. The molecule has 1 aromatic heterocycles. The Bertz CT molecular complexity index is 685. The normalized spacial score (nSPS) is 11.5. The fraction of sp³-hybridized carbons (Fsp3) is 0.438. The third-order valence-electron chi connectivity index (χ3n) is 4.29. The molecule has 1 aromatic carbocycles. The first kappa shape index (κ1) is 17.6. The first-order valence-corrected chi connectivity index (χ1v) is 8.46. The molecule has 2 rings (SSSR count). The van der Waals surface area contributed by atoms with E-state index < -0.39 is 5.54 Å². The lowest BCUT2D eigenvalue weighted by molar-refractivity contribution is 0.0889. The molecule has 0 saturated heterocycles. The number of carbonyl (C=O) groups excluding carboxylic acids is 1. The molecule has 0 saturated carbocycles. The number of amides is 1. The number of nitrogens with zero attached hydrogens (tertiary/aromatic N) is 3. The van der Waals surface area contributed by atoms with Gasteiger partial charge in [-0.3, -0.25) is 4.79 Å². The molecule has 0 spiro atoms. The minimum atomic E-state index is -0.400. The Morgan fingerprint density at radius 2 is 2.09 bits per heavy atom. The molecule has 0 radical (unpaired) electrons. The summed E-state index contributed by atoms with van der Waals surface area (Å²) in [7, 11) is 0. The number of halogens is 1. The van der Waals surface area contributed by atoms with E-state index in [0.717, 1.165) is 23.0 Å². The summed E-state index contributed by atoms with van der Waals surface area (Å²) in [6.45, 7) is 6.26. The van der Waals surface area contributed by atoms with Crippen molar-refractivity contribution in [1.29, 1.82) is 0 Å². The van der Waals surface area contributed by atoms with Crippen LogP contribution in [0.4, 0.5) is 0 Å². The maximum Gasteiger partial charge on any atom is 0.274 e. The van der Waals surface area contributed by atoms with Crippen molar-refractivity contribution in [2.75, 3.05) is 6.54 Å². The van der Waals surface area contributed by atoms with Gasteiger partial charge in [-0.25, -0.2) is 4.68 Å². The summed E-state index contributed by atoms with van der Waals surface area (Å²) in [4.78, 5) is 12.6. The molecule has 1 heterocycles. The monoisotopic (exact) mass is 379 g/mol. The van der Waals surface area contributed by atoms with Gasteiger partial charge in [0.15, 0.2) is 5.69 Å². The fourth-order valence-corrected chi connectivity index (χ4v) is 2.85. The summed E-state index contributed by atoms with van der Waals surface area (Å²) in [5.74, 6) is -0.238. The van der Waals surface area contributed by atoms with Crippen LogP contribution in [0.15, 0.2) is 28.7 Å². The van der Waals surface area contributed by atoms with Crippen LogP contribution < -0.4 is 11.1 Å². The summed E-state index contributed by atoms with van der Waals surface area (Å²) < 4.78 is 2.59. The van der Waals surface area contributed by atoms with Crippen LogP contribution in [0.3, 0.4) is 0 Å². The molecule has 0 aliphatic carbocycles. The molecule has 124 valence electrons. The maximum atomic E-state index is 12.6. The Hall–Kier alpha value is -1.73. The smallest absolute Gasteiger partial charge is 0.274 e. The van der Waals surface area contributed by atoms with E-state index in [2.05, 4.69) is 31.6 Å². The number of hydrogen-bond acceptors (Lipinski definition) is 4. The van der Waals surface area contributed by atoms with Crippen LogP contribution >= 0.6 is 15.9 Å². The quantitative estimate of drug-likeness (QED) is 0.807. The summed E-state index contributed by atoms with van der Waals surface area (Å²) in [6, 6.07) is 7.68. The van der Waals surface area contributed by atoms with Crippen LogP contribution in [-0.2, 0) is 0 Å². The molecule has 0 aliphatic heterocycles. The Kier molecular flexibility index (Phi) is 5.54. The molecule has 3 N–H and O–H groups in total. The third kappa shape index (κ3) is 3.61. The van der Waals surface area contributed by atoms with E-state index in [1.54, 1.807) is 4.68 Å². The van der Waals surface area contributed by atoms with Crippen LogP contribution in [0.2, 0.25) is 0 Å². The lowest BCUT2D eigenvalue weighted by atomic mass is 9.92. The van der Waals surface area contributed by atoms with E-state index in [1.807, 2.05) is 45.0 Å². The number of aromatic nitrogens is 3. The average Bonchev–Trinajstić information content (AvgIpc) is 2.94. The fourth-order valence-electron chi connectivity index (χ4n) is 2.46. The molecular weight excluding hydrogens is 358 g/mol. The second-order valence-electron chi connectivity index (χ2n) is 5.56. The van der Waals surface area contributed by atoms with Gasteiger partial charge in [0, 0.05) is 11.0 Å². The Morgan fingerprint density at radius 3 is 2.65 bits per heavy atom. The topological polar surface area (TPSA) is 85.8 Å². The standard InChI is InChI=1S/C16H22BrN5O/c1-4-16(5-2,10-18)19-15(23)14-11(3)22(21-20-14)13-8-6-7-12(17)9-13/h6-9H,4-5,10,18H2,1-3H3,(H,19,23). The second-order valence-corrected chi connectivity index (χ2v) is 6.48. The van der Waals surface area contributed by atoms with E-state index in [4.69, 9.17) is 5.73 Å².